The third-order valence-corrected chi connectivity index (χ3v) is 6.49. The first-order valence-corrected chi connectivity index (χ1v) is 12.0. The lowest BCUT2D eigenvalue weighted by molar-refractivity contribution is -0.139. The molecule has 2 aliphatic heterocycles. The minimum Gasteiger partial charge on any atom is -0.497 e. The number of hydrogen-bond acceptors (Lipinski definition) is 8. The summed E-state index contributed by atoms with van der Waals surface area (Å²) in [6.45, 7) is 3.82. The summed E-state index contributed by atoms with van der Waals surface area (Å²) in [5, 5.41) is 5.52. The molecule has 2 aromatic carbocycles. The quantitative estimate of drug-likeness (QED) is 0.525. The number of thioether (sulfide) groups is 1. The minimum absolute atomic E-state index is 0.0961. The lowest BCUT2D eigenvalue weighted by Gasteiger charge is -2.36. The molecule has 1 amide bonds. The number of esters is 1. The van der Waals surface area contributed by atoms with Gasteiger partial charge in [-0.25, -0.2) is 9.79 Å². The zero-order valence-corrected chi connectivity index (χ0v) is 20.8. The molecule has 35 heavy (non-hydrogen) atoms. The second-order valence-corrected chi connectivity index (χ2v) is 8.68. The number of aliphatic imine (C=N–C) groups is 1. The second-order valence-electron chi connectivity index (χ2n) is 7.85. The number of anilines is 1. The van der Waals surface area contributed by atoms with Crippen molar-refractivity contribution in [3.63, 3.8) is 0 Å². The molecular weight excluding hydrogens is 466 g/mol. The van der Waals surface area contributed by atoms with E-state index in [2.05, 4.69) is 10.3 Å². The fourth-order valence-electron chi connectivity index (χ4n) is 4.04. The van der Waals surface area contributed by atoms with Crippen LogP contribution in [0.2, 0.25) is 0 Å². The molecule has 0 radical (unpaired) electrons. The molecule has 0 bridgehead atoms. The molecule has 0 unspecified atom stereocenters. The van der Waals surface area contributed by atoms with Gasteiger partial charge in [-0.3, -0.25) is 4.79 Å². The van der Waals surface area contributed by atoms with Gasteiger partial charge in [0.25, 0.3) is 0 Å². The largest absolute Gasteiger partial charge is 0.497 e. The van der Waals surface area contributed by atoms with Gasteiger partial charge in [-0.15, -0.1) is 0 Å². The van der Waals surface area contributed by atoms with Crippen LogP contribution in [-0.4, -0.2) is 42.8 Å². The van der Waals surface area contributed by atoms with Crippen molar-refractivity contribution in [1.29, 1.82) is 0 Å². The molecule has 1 atom stereocenters. The molecule has 1 N–H and O–H groups in total. The maximum atomic E-state index is 13.0. The van der Waals surface area contributed by atoms with Crippen LogP contribution >= 0.6 is 11.8 Å². The Balaban J connectivity index is 1.66. The van der Waals surface area contributed by atoms with Gasteiger partial charge in [0.2, 0.25) is 5.91 Å². The number of ether oxygens (including phenoxy) is 3. The number of benzene rings is 2. The maximum absolute atomic E-state index is 13.0. The van der Waals surface area contributed by atoms with Crippen LogP contribution in [0.25, 0.3) is 0 Å². The van der Waals surface area contributed by atoms with Crippen molar-refractivity contribution in [2.24, 2.45) is 4.99 Å². The van der Waals surface area contributed by atoms with E-state index in [1.165, 1.54) is 11.8 Å². The van der Waals surface area contributed by atoms with Gasteiger partial charge in [0.05, 0.1) is 44.6 Å². The number of methoxy groups -OCH3 is 2. The molecule has 2 heterocycles. The second kappa shape index (κ2) is 10.7. The predicted octanol–water partition coefficient (Wildman–Crippen LogP) is 4.87. The van der Waals surface area contributed by atoms with Crippen molar-refractivity contribution in [3.05, 3.63) is 76.5 Å². The van der Waals surface area contributed by atoms with Crippen LogP contribution in [0.3, 0.4) is 0 Å². The number of hydrogen-bond donors (Lipinski definition) is 1. The first kappa shape index (κ1) is 24.4. The van der Waals surface area contributed by atoms with E-state index in [0.29, 0.717) is 33.6 Å². The highest BCUT2D eigenvalue weighted by atomic mass is 32.2. The summed E-state index contributed by atoms with van der Waals surface area (Å²) in [4.78, 5) is 32.6. The Hall–Kier alpha value is -3.72. The Morgan fingerprint density at radius 1 is 1.09 bits per heavy atom. The molecule has 8 nitrogen and oxygen atoms in total. The average molecular weight is 494 g/mol. The molecule has 0 spiro atoms. The van der Waals surface area contributed by atoms with Crippen LogP contribution in [0.4, 0.5) is 5.69 Å². The SMILES string of the molecule is CCOC(=O)C1=C(C)N=C2SC=C(CC(=O)Nc3cccc(OC)c3)N2[C@@H]1c1cccc(OC)c1. The third kappa shape index (κ3) is 5.19. The molecule has 4 rings (SSSR count). The molecular formula is C26H27N3O5S. The smallest absolute Gasteiger partial charge is 0.338 e. The van der Waals surface area contributed by atoms with E-state index < -0.39 is 12.0 Å². The highest BCUT2D eigenvalue weighted by Crippen LogP contribution is 2.45. The maximum Gasteiger partial charge on any atom is 0.338 e. The summed E-state index contributed by atoms with van der Waals surface area (Å²) in [6, 6.07) is 14.2. The summed E-state index contributed by atoms with van der Waals surface area (Å²) >= 11 is 1.42. The van der Waals surface area contributed by atoms with Crippen LogP contribution in [0, 0.1) is 0 Å². The fraction of sp³-hybridized carbons (Fsp3) is 0.269. The van der Waals surface area contributed by atoms with Gasteiger partial charge in [-0.1, -0.05) is 30.0 Å². The summed E-state index contributed by atoms with van der Waals surface area (Å²) in [5.74, 6) is 0.694. The van der Waals surface area contributed by atoms with Crippen molar-refractivity contribution in [2.45, 2.75) is 26.3 Å². The first-order valence-electron chi connectivity index (χ1n) is 11.1. The zero-order chi connectivity index (χ0) is 24.9. The number of allylic oxidation sites excluding steroid dienone is 1. The van der Waals surface area contributed by atoms with E-state index in [4.69, 9.17) is 14.2 Å². The van der Waals surface area contributed by atoms with Gasteiger partial charge < -0.3 is 24.4 Å². The minimum atomic E-state index is -0.512. The molecule has 0 aliphatic carbocycles. The molecule has 0 saturated carbocycles. The van der Waals surface area contributed by atoms with E-state index in [9.17, 15) is 9.59 Å². The number of nitrogens with one attached hydrogen (secondary N) is 1. The molecule has 0 fully saturated rings. The summed E-state index contributed by atoms with van der Waals surface area (Å²) in [7, 11) is 3.17. The van der Waals surface area contributed by atoms with Crippen molar-refractivity contribution >= 4 is 34.5 Å². The lowest BCUT2D eigenvalue weighted by atomic mass is 9.93. The Morgan fingerprint density at radius 2 is 1.80 bits per heavy atom. The van der Waals surface area contributed by atoms with E-state index in [-0.39, 0.29) is 18.9 Å². The highest BCUT2D eigenvalue weighted by Gasteiger charge is 2.41. The molecule has 9 heteroatoms. The molecule has 0 saturated heterocycles. The van der Waals surface area contributed by atoms with Crippen molar-refractivity contribution in [1.82, 2.24) is 4.90 Å². The van der Waals surface area contributed by atoms with E-state index in [1.807, 2.05) is 46.7 Å². The predicted molar refractivity (Wildman–Crippen MR) is 136 cm³/mol. The zero-order valence-electron chi connectivity index (χ0n) is 20.0. The Labute approximate surface area is 208 Å². The normalized spacial score (nSPS) is 16.8. The Morgan fingerprint density at radius 3 is 2.51 bits per heavy atom. The van der Waals surface area contributed by atoms with Crippen LogP contribution < -0.4 is 14.8 Å². The standard InChI is InChI=1S/C26H27N3O5S/c1-5-34-25(31)23-16(2)27-26-29(24(23)17-8-6-10-20(12-17)32-3)19(15-35-26)14-22(30)28-18-9-7-11-21(13-18)33-4/h6-13,15,24H,5,14H2,1-4H3,(H,28,30)/t24-/m1/s1. The first-order chi connectivity index (χ1) is 16.9. The fourth-order valence-corrected chi connectivity index (χ4v) is 5.00. The van der Waals surface area contributed by atoms with E-state index in [0.717, 1.165) is 11.3 Å². The highest BCUT2D eigenvalue weighted by molar-refractivity contribution is 8.16. The average Bonchev–Trinajstić information content (AvgIpc) is 3.24. The third-order valence-electron chi connectivity index (χ3n) is 5.60. The van der Waals surface area contributed by atoms with E-state index >= 15 is 0 Å². The lowest BCUT2D eigenvalue weighted by Crippen LogP contribution is -2.37. The summed E-state index contributed by atoms with van der Waals surface area (Å²) < 4.78 is 16.1. The number of carbonyl (C=O) groups excluding carboxylic acids is 2. The number of amidine groups is 1. The van der Waals surface area contributed by atoms with Crippen LogP contribution in [-0.2, 0) is 14.3 Å². The molecule has 0 aromatic heterocycles. The summed E-state index contributed by atoms with van der Waals surface area (Å²) in [5.41, 5.74) is 3.23. The number of rotatable bonds is 8. The van der Waals surface area contributed by atoms with Gasteiger partial charge in [-0.05, 0) is 49.1 Å². The van der Waals surface area contributed by atoms with Crippen molar-refractivity contribution in [3.8, 4) is 11.5 Å². The topological polar surface area (TPSA) is 89.5 Å². The molecule has 2 aromatic rings. The number of carbonyl (C=O) groups is 2. The van der Waals surface area contributed by atoms with Gasteiger partial charge >= 0.3 is 5.97 Å². The number of amides is 1. The van der Waals surface area contributed by atoms with Gasteiger partial charge in [0.1, 0.15) is 11.5 Å². The number of fused-ring (bicyclic) bond motifs is 1. The monoisotopic (exact) mass is 493 g/mol. The Bertz CT molecular complexity index is 1240. The van der Waals surface area contributed by atoms with Crippen LogP contribution in [0.15, 0.2) is 75.9 Å². The Kier molecular flexibility index (Phi) is 7.45. The number of nitrogens with zero attached hydrogens (tertiary/aromatic N) is 2. The van der Waals surface area contributed by atoms with Gasteiger partial charge in [-0.2, -0.15) is 0 Å². The van der Waals surface area contributed by atoms with Gasteiger partial charge in [0.15, 0.2) is 5.17 Å². The van der Waals surface area contributed by atoms with Crippen LogP contribution in [0.5, 0.6) is 11.5 Å². The van der Waals surface area contributed by atoms with Crippen molar-refractivity contribution < 1.29 is 23.8 Å². The van der Waals surface area contributed by atoms with E-state index in [1.54, 1.807) is 40.2 Å². The molecule has 2 aliphatic rings. The summed E-state index contributed by atoms with van der Waals surface area (Å²) in [6.07, 6.45) is 0.0961. The van der Waals surface area contributed by atoms with Crippen LogP contribution in [0.1, 0.15) is 31.9 Å². The van der Waals surface area contributed by atoms with Crippen molar-refractivity contribution in [2.75, 3.05) is 26.1 Å². The van der Waals surface area contributed by atoms with Gasteiger partial charge in [0, 0.05) is 17.5 Å². The molecule has 182 valence electrons.